The molecule has 2 aromatic heterocycles. The molecule has 8 nitrogen and oxygen atoms in total. The number of aliphatic imine (C=N–C) groups is 1. The van der Waals surface area contributed by atoms with Gasteiger partial charge in [-0.3, -0.25) is 9.67 Å². The number of guanidine groups is 1. The predicted octanol–water partition coefficient (Wildman–Crippen LogP) is 2.62. The Bertz CT molecular complexity index is 787. The van der Waals surface area contributed by atoms with Crippen LogP contribution in [0.5, 0.6) is 0 Å². The number of ether oxygens (including phenoxy) is 1. The Balaban J connectivity index is 0.00000300. The number of aryl methyl sites for hydroxylation is 1. The van der Waals surface area contributed by atoms with E-state index in [4.69, 9.17) is 4.74 Å². The fourth-order valence-electron chi connectivity index (χ4n) is 3.98. The second kappa shape index (κ2) is 11.0. The Morgan fingerprint density at radius 3 is 2.83 bits per heavy atom. The van der Waals surface area contributed by atoms with Crippen LogP contribution in [0.1, 0.15) is 36.3 Å². The molecule has 0 aliphatic carbocycles. The number of halogens is 1. The fraction of sp³-hybridized carbons (Fsp3) is 0.650. The topological polar surface area (TPSA) is 72.5 Å². The molecule has 1 N–H and O–H groups in total. The monoisotopic (exact) mass is 515 g/mol. The summed E-state index contributed by atoms with van der Waals surface area (Å²) in [5.41, 5.74) is 3.47. The zero-order valence-electron chi connectivity index (χ0n) is 18.1. The number of hydrogen-bond donors (Lipinski definition) is 1. The van der Waals surface area contributed by atoms with E-state index in [0.29, 0.717) is 18.6 Å². The summed E-state index contributed by atoms with van der Waals surface area (Å²) >= 11 is 0. The van der Waals surface area contributed by atoms with Crippen molar-refractivity contribution in [2.45, 2.75) is 46.3 Å². The second-order valence-corrected chi connectivity index (χ2v) is 7.56. The Morgan fingerprint density at radius 1 is 1.38 bits per heavy atom. The van der Waals surface area contributed by atoms with Crippen LogP contribution >= 0.6 is 24.0 Å². The van der Waals surface area contributed by atoms with Gasteiger partial charge in [-0.1, -0.05) is 6.92 Å². The van der Waals surface area contributed by atoms with Gasteiger partial charge >= 0.3 is 0 Å². The molecule has 2 aromatic rings. The lowest BCUT2D eigenvalue weighted by molar-refractivity contribution is 0.182. The summed E-state index contributed by atoms with van der Waals surface area (Å²) in [5, 5.41) is 8.21. The van der Waals surface area contributed by atoms with Crippen LogP contribution in [0.3, 0.4) is 0 Å². The van der Waals surface area contributed by atoms with E-state index in [2.05, 4.69) is 56.8 Å². The van der Waals surface area contributed by atoms with Crippen molar-refractivity contribution in [1.29, 1.82) is 0 Å². The maximum atomic E-state index is 5.19. The second-order valence-electron chi connectivity index (χ2n) is 7.56. The smallest absolute Gasteiger partial charge is 0.193 e. The lowest BCUT2D eigenvalue weighted by Crippen LogP contribution is -2.48. The summed E-state index contributed by atoms with van der Waals surface area (Å²) in [6, 6.07) is 0.412. The van der Waals surface area contributed by atoms with Gasteiger partial charge in [0, 0.05) is 57.4 Å². The predicted molar refractivity (Wildman–Crippen MR) is 126 cm³/mol. The number of likely N-dealkylation sites (tertiary alicyclic amines) is 1. The van der Waals surface area contributed by atoms with Crippen molar-refractivity contribution in [1.82, 2.24) is 29.5 Å². The van der Waals surface area contributed by atoms with Crippen LogP contribution in [0.25, 0.3) is 0 Å². The molecule has 1 aliphatic rings. The number of hydrogen-bond acceptors (Lipinski definition) is 4. The van der Waals surface area contributed by atoms with Crippen molar-refractivity contribution in [3.8, 4) is 0 Å². The van der Waals surface area contributed by atoms with Crippen molar-refractivity contribution in [2.24, 2.45) is 10.9 Å². The zero-order valence-corrected chi connectivity index (χ0v) is 20.5. The van der Waals surface area contributed by atoms with Crippen LogP contribution in [-0.4, -0.2) is 64.0 Å². The molecule has 29 heavy (non-hydrogen) atoms. The molecule has 1 saturated heterocycles. The van der Waals surface area contributed by atoms with Gasteiger partial charge in [-0.15, -0.1) is 24.0 Å². The van der Waals surface area contributed by atoms with E-state index in [1.807, 2.05) is 24.3 Å². The lowest BCUT2D eigenvalue weighted by Gasteiger charge is -2.39. The largest absolute Gasteiger partial charge is 0.383 e. The first-order chi connectivity index (χ1) is 13.5. The maximum Gasteiger partial charge on any atom is 0.193 e. The molecule has 0 bridgehead atoms. The fourth-order valence-corrected chi connectivity index (χ4v) is 3.98. The Kier molecular flexibility index (Phi) is 8.94. The summed E-state index contributed by atoms with van der Waals surface area (Å²) < 4.78 is 9.43. The molecule has 0 amide bonds. The van der Waals surface area contributed by atoms with Gasteiger partial charge in [0.15, 0.2) is 5.96 Å². The van der Waals surface area contributed by atoms with E-state index >= 15 is 0 Å². The van der Waals surface area contributed by atoms with Crippen molar-refractivity contribution in [3.63, 3.8) is 0 Å². The average Bonchev–Trinajstić information content (AvgIpc) is 3.31. The summed E-state index contributed by atoms with van der Waals surface area (Å²) in [7, 11) is 3.57. The van der Waals surface area contributed by atoms with Crippen LogP contribution < -0.4 is 5.32 Å². The minimum absolute atomic E-state index is 0. The van der Waals surface area contributed by atoms with Crippen LogP contribution in [0.2, 0.25) is 0 Å². The molecule has 3 rings (SSSR count). The van der Waals surface area contributed by atoms with E-state index in [1.54, 1.807) is 7.11 Å². The van der Waals surface area contributed by atoms with Gasteiger partial charge < -0.3 is 19.5 Å². The van der Waals surface area contributed by atoms with Gasteiger partial charge in [0.05, 0.1) is 31.2 Å². The highest BCUT2D eigenvalue weighted by molar-refractivity contribution is 14.0. The number of imidazole rings is 1. The van der Waals surface area contributed by atoms with Crippen LogP contribution in [-0.2, 0) is 17.8 Å². The number of methoxy groups -OCH3 is 1. The first-order valence-electron chi connectivity index (χ1n) is 10.00. The summed E-state index contributed by atoms with van der Waals surface area (Å²) in [5.74, 6) is 1.56. The first kappa shape index (κ1) is 23.7. The standard InChI is InChI=1S/C20H33N7O.HI/c1-15-6-8-25(13-19(15)26-9-7-22-14-26)20(21-4)23-12-18-16(2)24-27(17(18)3)10-11-28-5;/h7,9,14-15,19H,6,8,10-13H2,1-5H3,(H,21,23);1H. The lowest BCUT2D eigenvalue weighted by atomic mass is 9.93. The third-order valence-electron chi connectivity index (χ3n) is 5.80. The van der Waals surface area contributed by atoms with Gasteiger partial charge in [-0.05, 0) is 26.2 Å². The number of nitrogens with zero attached hydrogens (tertiary/aromatic N) is 6. The third kappa shape index (κ3) is 5.50. The SMILES string of the molecule is CN=C(NCc1c(C)nn(CCOC)c1C)N1CCC(C)C(n2ccnc2)C1.I. The Morgan fingerprint density at radius 2 is 2.17 bits per heavy atom. The molecule has 3 heterocycles. The summed E-state index contributed by atoms with van der Waals surface area (Å²) in [4.78, 5) is 11.1. The molecular weight excluding hydrogens is 481 g/mol. The highest BCUT2D eigenvalue weighted by atomic mass is 127. The molecular formula is C20H34IN7O. The Labute approximate surface area is 190 Å². The number of rotatable bonds is 6. The molecule has 2 unspecified atom stereocenters. The van der Waals surface area contributed by atoms with Crippen LogP contribution in [0.4, 0.5) is 0 Å². The first-order valence-corrected chi connectivity index (χ1v) is 10.00. The molecule has 2 atom stereocenters. The number of piperidine rings is 1. The van der Waals surface area contributed by atoms with E-state index < -0.39 is 0 Å². The molecule has 1 aliphatic heterocycles. The molecule has 1 fully saturated rings. The Hall–Kier alpha value is -1.62. The summed E-state index contributed by atoms with van der Waals surface area (Å²) in [6.07, 6.45) is 6.96. The van der Waals surface area contributed by atoms with E-state index in [1.165, 1.54) is 11.3 Å². The minimum atomic E-state index is 0. The normalized spacial score (nSPS) is 19.9. The van der Waals surface area contributed by atoms with Crippen molar-refractivity contribution >= 4 is 29.9 Å². The number of aromatic nitrogens is 4. The molecule has 0 saturated carbocycles. The van der Waals surface area contributed by atoms with Gasteiger partial charge in [-0.2, -0.15) is 5.10 Å². The third-order valence-corrected chi connectivity index (χ3v) is 5.80. The molecule has 162 valence electrons. The van der Waals surface area contributed by atoms with Gasteiger partial charge in [-0.25, -0.2) is 4.98 Å². The molecule has 0 radical (unpaired) electrons. The molecule has 0 aromatic carbocycles. The van der Waals surface area contributed by atoms with Crippen LogP contribution in [0, 0.1) is 19.8 Å². The number of nitrogens with one attached hydrogen (secondary N) is 1. The van der Waals surface area contributed by atoms with E-state index in [-0.39, 0.29) is 24.0 Å². The van der Waals surface area contributed by atoms with Gasteiger partial charge in [0.2, 0.25) is 0 Å². The van der Waals surface area contributed by atoms with Crippen molar-refractivity contribution in [2.75, 3.05) is 33.9 Å². The van der Waals surface area contributed by atoms with E-state index in [0.717, 1.165) is 44.3 Å². The highest BCUT2D eigenvalue weighted by Crippen LogP contribution is 2.27. The van der Waals surface area contributed by atoms with E-state index in [9.17, 15) is 0 Å². The highest BCUT2D eigenvalue weighted by Gasteiger charge is 2.29. The maximum absolute atomic E-state index is 5.19. The minimum Gasteiger partial charge on any atom is -0.383 e. The summed E-state index contributed by atoms with van der Waals surface area (Å²) in [6.45, 7) is 10.6. The van der Waals surface area contributed by atoms with Crippen molar-refractivity contribution in [3.05, 3.63) is 35.7 Å². The van der Waals surface area contributed by atoms with Gasteiger partial charge in [0.25, 0.3) is 0 Å². The average molecular weight is 515 g/mol. The quantitative estimate of drug-likeness (QED) is 0.364. The van der Waals surface area contributed by atoms with Crippen molar-refractivity contribution < 1.29 is 4.74 Å². The zero-order chi connectivity index (χ0) is 20.1. The van der Waals surface area contributed by atoms with Gasteiger partial charge in [0.1, 0.15) is 0 Å². The van der Waals surface area contributed by atoms with Crippen LogP contribution in [0.15, 0.2) is 23.7 Å². The molecule has 9 heteroatoms. The molecule has 0 spiro atoms.